The Balaban J connectivity index is 4.25. The van der Waals surface area contributed by atoms with E-state index in [1.807, 2.05) is 20.8 Å². The molecule has 0 aromatic rings. The van der Waals surface area contributed by atoms with Gasteiger partial charge in [0, 0.05) is 5.54 Å². The zero-order chi connectivity index (χ0) is 10.5. The smallest absolute Gasteiger partial charge is 0.323 e. The molecule has 0 aromatic carbocycles. The predicted molar refractivity (Wildman–Crippen MR) is 49.5 cm³/mol. The summed E-state index contributed by atoms with van der Waals surface area (Å²) in [5, 5.41) is 2.61. The number of rotatable bonds is 3. The van der Waals surface area contributed by atoms with Crippen LogP contribution in [0.5, 0.6) is 0 Å². The normalized spacial score (nSPS) is 10.8. The number of carbonyl (C=O) groups is 2. The maximum absolute atomic E-state index is 11.1. The second-order valence-corrected chi connectivity index (χ2v) is 3.20. The Kier molecular flexibility index (Phi) is 4.40. The maximum atomic E-state index is 11.1. The van der Waals surface area contributed by atoms with E-state index in [9.17, 15) is 9.59 Å². The van der Waals surface area contributed by atoms with E-state index in [4.69, 9.17) is 5.84 Å². The third-order valence-electron chi connectivity index (χ3n) is 2.31. The third-order valence-corrected chi connectivity index (χ3v) is 2.31. The first kappa shape index (κ1) is 11.9. The highest BCUT2D eigenvalue weighted by molar-refractivity contribution is 6.35. The molecule has 0 saturated carbocycles. The first-order valence-electron chi connectivity index (χ1n) is 4.32. The van der Waals surface area contributed by atoms with Crippen molar-refractivity contribution in [2.75, 3.05) is 0 Å². The van der Waals surface area contributed by atoms with Crippen LogP contribution in [0.15, 0.2) is 0 Å². The Morgan fingerprint density at radius 2 is 1.69 bits per heavy atom. The van der Waals surface area contributed by atoms with Crippen molar-refractivity contribution in [2.24, 2.45) is 5.84 Å². The molecule has 0 radical (unpaired) electrons. The molecule has 0 unspecified atom stereocenters. The molecular formula is C8H17N3O2. The molecule has 0 aromatic heterocycles. The number of amides is 2. The quantitative estimate of drug-likeness (QED) is 0.245. The first-order valence-corrected chi connectivity index (χ1v) is 4.32. The largest absolute Gasteiger partial charge is 0.343 e. The van der Waals surface area contributed by atoms with Gasteiger partial charge in [0.05, 0.1) is 0 Å². The second-order valence-electron chi connectivity index (χ2n) is 3.20. The van der Waals surface area contributed by atoms with Crippen LogP contribution >= 0.6 is 0 Å². The minimum absolute atomic E-state index is 0.330. The fourth-order valence-electron chi connectivity index (χ4n) is 0.823. The van der Waals surface area contributed by atoms with Gasteiger partial charge in [-0.2, -0.15) is 0 Å². The van der Waals surface area contributed by atoms with Crippen LogP contribution < -0.4 is 16.6 Å². The van der Waals surface area contributed by atoms with Crippen LogP contribution in [0.2, 0.25) is 0 Å². The van der Waals surface area contributed by atoms with E-state index in [-0.39, 0.29) is 5.54 Å². The van der Waals surface area contributed by atoms with Crippen molar-refractivity contribution >= 4 is 11.8 Å². The van der Waals surface area contributed by atoms with Crippen LogP contribution in [0, 0.1) is 0 Å². The molecule has 76 valence electrons. The van der Waals surface area contributed by atoms with Gasteiger partial charge in [-0.05, 0) is 19.8 Å². The van der Waals surface area contributed by atoms with Gasteiger partial charge < -0.3 is 5.32 Å². The fourth-order valence-corrected chi connectivity index (χ4v) is 0.823. The predicted octanol–water partition coefficient (Wildman–Crippen LogP) is -0.329. The fraction of sp³-hybridized carbons (Fsp3) is 0.750. The summed E-state index contributed by atoms with van der Waals surface area (Å²) in [7, 11) is 0. The molecule has 0 aliphatic heterocycles. The number of nitrogens with one attached hydrogen (secondary N) is 2. The van der Waals surface area contributed by atoms with E-state index >= 15 is 0 Å². The Hall–Kier alpha value is -1.10. The Bertz CT molecular complexity index is 200. The van der Waals surface area contributed by atoms with Gasteiger partial charge in [0.15, 0.2) is 0 Å². The molecule has 0 fully saturated rings. The zero-order valence-corrected chi connectivity index (χ0v) is 8.31. The lowest BCUT2D eigenvalue weighted by molar-refractivity contribution is -0.140. The van der Waals surface area contributed by atoms with Gasteiger partial charge in [-0.15, -0.1) is 0 Å². The number of hydrogen-bond donors (Lipinski definition) is 3. The summed E-state index contributed by atoms with van der Waals surface area (Å²) in [5.41, 5.74) is 1.45. The van der Waals surface area contributed by atoms with Gasteiger partial charge in [-0.3, -0.25) is 15.0 Å². The Morgan fingerprint density at radius 1 is 1.23 bits per heavy atom. The van der Waals surface area contributed by atoms with Crippen LogP contribution in [0.1, 0.15) is 33.6 Å². The molecule has 0 aliphatic rings. The highest BCUT2D eigenvalue weighted by atomic mass is 16.2. The molecule has 0 atom stereocenters. The van der Waals surface area contributed by atoms with Gasteiger partial charge in [0.25, 0.3) is 0 Å². The summed E-state index contributed by atoms with van der Waals surface area (Å²) in [6, 6.07) is 0. The molecule has 0 rings (SSSR count). The van der Waals surface area contributed by atoms with E-state index in [0.717, 1.165) is 12.8 Å². The van der Waals surface area contributed by atoms with E-state index in [2.05, 4.69) is 5.32 Å². The topological polar surface area (TPSA) is 84.2 Å². The lowest BCUT2D eigenvalue weighted by Crippen LogP contribution is -2.52. The summed E-state index contributed by atoms with van der Waals surface area (Å²) >= 11 is 0. The standard InChI is InChI=1S/C8H17N3O2/c1-4-8(3,5-2)10-6(12)7(13)11-9/h4-5,9H2,1-3H3,(H,10,12)(H,11,13). The SMILES string of the molecule is CCC(C)(CC)NC(=O)C(=O)NN. The third kappa shape index (κ3) is 3.42. The Labute approximate surface area is 78.0 Å². The first-order chi connectivity index (χ1) is 5.99. The van der Waals surface area contributed by atoms with Crippen molar-refractivity contribution in [1.29, 1.82) is 0 Å². The highest BCUT2D eigenvalue weighted by Gasteiger charge is 2.24. The molecule has 5 nitrogen and oxygen atoms in total. The molecule has 0 heterocycles. The van der Waals surface area contributed by atoms with Crippen LogP contribution in [0.25, 0.3) is 0 Å². The van der Waals surface area contributed by atoms with Crippen molar-refractivity contribution in [2.45, 2.75) is 39.2 Å². The van der Waals surface area contributed by atoms with Gasteiger partial charge in [0.1, 0.15) is 0 Å². The molecule has 13 heavy (non-hydrogen) atoms. The van der Waals surface area contributed by atoms with Gasteiger partial charge in [-0.25, -0.2) is 5.84 Å². The molecule has 0 saturated heterocycles. The molecule has 0 aliphatic carbocycles. The van der Waals surface area contributed by atoms with Crippen molar-refractivity contribution in [3.05, 3.63) is 0 Å². The van der Waals surface area contributed by atoms with E-state index in [1.54, 1.807) is 5.43 Å². The average Bonchev–Trinajstić information content (AvgIpc) is 2.16. The van der Waals surface area contributed by atoms with Gasteiger partial charge in [-0.1, -0.05) is 13.8 Å². The molecule has 0 bridgehead atoms. The molecule has 2 amide bonds. The monoisotopic (exact) mass is 187 g/mol. The number of carbonyl (C=O) groups excluding carboxylic acids is 2. The Morgan fingerprint density at radius 3 is 2.00 bits per heavy atom. The van der Waals surface area contributed by atoms with E-state index in [1.165, 1.54) is 0 Å². The average molecular weight is 187 g/mol. The summed E-state index contributed by atoms with van der Waals surface area (Å²) in [5.74, 6) is 3.32. The summed E-state index contributed by atoms with van der Waals surface area (Å²) in [4.78, 5) is 21.9. The summed E-state index contributed by atoms with van der Waals surface area (Å²) in [6.07, 6.45) is 1.54. The minimum atomic E-state index is -0.812. The van der Waals surface area contributed by atoms with Crippen molar-refractivity contribution in [1.82, 2.24) is 10.7 Å². The lowest BCUT2D eigenvalue weighted by Gasteiger charge is -2.27. The maximum Gasteiger partial charge on any atom is 0.323 e. The second kappa shape index (κ2) is 4.81. The molecule has 0 spiro atoms. The number of hydrogen-bond acceptors (Lipinski definition) is 3. The number of nitrogens with two attached hydrogens (primary N) is 1. The van der Waals surface area contributed by atoms with Crippen molar-refractivity contribution in [3.8, 4) is 0 Å². The minimum Gasteiger partial charge on any atom is -0.343 e. The highest BCUT2D eigenvalue weighted by Crippen LogP contribution is 2.12. The lowest BCUT2D eigenvalue weighted by atomic mass is 9.95. The van der Waals surface area contributed by atoms with Gasteiger partial charge in [0.2, 0.25) is 0 Å². The molecular weight excluding hydrogens is 170 g/mol. The van der Waals surface area contributed by atoms with Crippen molar-refractivity contribution in [3.63, 3.8) is 0 Å². The van der Waals surface area contributed by atoms with Crippen molar-refractivity contribution < 1.29 is 9.59 Å². The summed E-state index contributed by atoms with van der Waals surface area (Å²) in [6.45, 7) is 5.78. The molecule has 4 N–H and O–H groups in total. The molecule has 5 heteroatoms. The van der Waals surface area contributed by atoms with Crippen LogP contribution in [-0.4, -0.2) is 17.4 Å². The van der Waals surface area contributed by atoms with E-state index in [0.29, 0.717) is 0 Å². The number of hydrazine groups is 1. The van der Waals surface area contributed by atoms with Crippen LogP contribution in [-0.2, 0) is 9.59 Å². The summed E-state index contributed by atoms with van der Waals surface area (Å²) < 4.78 is 0. The zero-order valence-electron chi connectivity index (χ0n) is 8.31. The van der Waals surface area contributed by atoms with Crippen LogP contribution in [0.4, 0.5) is 0 Å². The van der Waals surface area contributed by atoms with E-state index < -0.39 is 11.8 Å². The van der Waals surface area contributed by atoms with Crippen LogP contribution in [0.3, 0.4) is 0 Å². The van der Waals surface area contributed by atoms with Gasteiger partial charge >= 0.3 is 11.8 Å².